The maximum atomic E-state index is 15.2. The van der Waals surface area contributed by atoms with Crippen molar-refractivity contribution >= 4 is 45.2 Å². The SMILES string of the molecule is CC1CN(c2cc3c(Nc4cc(F)c(Oc5ccc6c(c5)nnn6C)cc4F)ncnc3cn2)C(=O)/C1=C/CN(C)C. The van der Waals surface area contributed by atoms with Crippen LogP contribution in [0.5, 0.6) is 11.5 Å². The number of anilines is 3. The highest BCUT2D eigenvalue weighted by Crippen LogP contribution is 2.34. The monoisotopic (exact) mass is 571 g/mol. The van der Waals surface area contributed by atoms with Gasteiger partial charge in [0.1, 0.15) is 29.2 Å². The number of carbonyl (C=O) groups is 1. The van der Waals surface area contributed by atoms with Gasteiger partial charge in [0.05, 0.1) is 22.9 Å². The van der Waals surface area contributed by atoms with Crippen LogP contribution in [-0.2, 0) is 11.8 Å². The van der Waals surface area contributed by atoms with E-state index in [2.05, 4.69) is 30.6 Å². The summed E-state index contributed by atoms with van der Waals surface area (Å²) in [5, 5.41) is 11.3. The Morgan fingerprint density at radius 1 is 1.10 bits per heavy atom. The maximum Gasteiger partial charge on any atom is 0.255 e. The minimum absolute atomic E-state index is 0.0277. The second-order valence-electron chi connectivity index (χ2n) is 10.4. The van der Waals surface area contributed by atoms with E-state index in [0.29, 0.717) is 35.3 Å². The van der Waals surface area contributed by atoms with Crippen LogP contribution in [0.2, 0.25) is 0 Å². The minimum Gasteiger partial charge on any atom is -0.454 e. The number of aryl methyl sites for hydroxylation is 1. The third kappa shape index (κ3) is 5.09. The van der Waals surface area contributed by atoms with Crippen LogP contribution in [0, 0.1) is 17.6 Å². The fourth-order valence-corrected chi connectivity index (χ4v) is 4.83. The van der Waals surface area contributed by atoms with E-state index in [4.69, 9.17) is 4.74 Å². The van der Waals surface area contributed by atoms with Crippen molar-refractivity contribution in [2.45, 2.75) is 6.92 Å². The van der Waals surface area contributed by atoms with Gasteiger partial charge in [0.2, 0.25) is 0 Å². The molecule has 5 aromatic rings. The number of ether oxygens (including phenoxy) is 1. The third-order valence-electron chi connectivity index (χ3n) is 7.02. The number of nitrogens with one attached hydrogen (secondary N) is 1. The lowest BCUT2D eigenvalue weighted by Gasteiger charge is -2.16. The number of carbonyl (C=O) groups excluding carboxylic acids is 1. The zero-order valence-electron chi connectivity index (χ0n) is 23.3. The highest BCUT2D eigenvalue weighted by Gasteiger charge is 2.34. The number of hydrogen-bond acceptors (Lipinski definition) is 9. The molecule has 4 heterocycles. The number of likely N-dealkylation sites (N-methyl/N-ethyl adjacent to an activating group) is 1. The number of amides is 1. The molecule has 0 aliphatic carbocycles. The van der Waals surface area contributed by atoms with Crippen molar-refractivity contribution in [3.63, 3.8) is 0 Å². The summed E-state index contributed by atoms with van der Waals surface area (Å²) in [4.78, 5) is 29.7. The molecule has 0 spiro atoms. The Kier molecular flexibility index (Phi) is 6.94. The Balaban J connectivity index is 1.27. The lowest BCUT2D eigenvalue weighted by molar-refractivity contribution is -0.114. The maximum absolute atomic E-state index is 15.2. The summed E-state index contributed by atoms with van der Waals surface area (Å²) in [6.45, 7) is 3.11. The van der Waals surface area contributed by atoms with E-state index >= 15 is 8.78 Å². The Morgan fingerprint density at radius 3 is 2.74 bits per heavy atom. The van der Waals surface area contributed by atoms with E-state index in [9.17, 15) is 4.79 Å². The van der Waals surface area contributed by atoms with Gasteiger partial charge in [0.25, 0.3) is 5.91 Å². The average Bonchev–Trinajstić information content (AvgIpc) is 3.47. The third-order valence-corrected chi connectivity index (χ3v) is 7.02. The molecule has 1 N–H and O–H groups in total. The first kappa shape index (κ1) is 27.1. The number of benzene rings is 2. The molecule has 1 unspecified atom stereocenters. The van der Waals surface area contributed by atoms with Crippen LogP contribution in [0.1, 0.15) is 6.92 Å². The van der Waals surface area contributed by atoms with Crippen molar-refractivity contribution in [2.75, 3.05) is 37.4 Å². The van der Waals surface area contributed by atoms with Gasteiger partial charge in [-0.2, -0.15) is 0 Å². The molecule has 1 fully saturated rings. The van der Waals surface area contributed by atoms with Gasteiger partial charge in [-0.05, 0) is 32.3 Å². The van der Waals surface area contributed by atoms with E-state index in [1.165, 1.54) is 12.5 Å². The molecule has 0 radical (unpaired) electrons. The zero-order valence-corrected chi connectivity index (χ0v) is 23.3. The normalized spacial score (nSPS) is 16.4. The largest absolute Gasteiger partial charge is 0.454 e. The predicted octanol–water partition coefficient (Wildman–Crippen LogP) is 4.59. The summed E-state index contributed by atoms with van der Waals surface area (Å²) < 4.78 is 37.5. The molecule has 1 saturated heterocycles. The molecule has 3 aromatic heterocycles. The van der Waals surface area contributed by atoms with E-state index in [1.54, 1.807) is 40.9 Å². The van der Waals surface area contributed by atoms with Gasteiger partial charge in [-0.3, -0.25) is 9.69 Å². The fraction of sp³-hybridized carbons (Fsp3) is 0.241. The molecular weight excluding hydrogens is 544 g/mol. The van der Waals surface area contributed by atoms with Gasteiger partial charge in [-0.25, -0.2) is 28.4 Å². The lowest BCUT2D eigenvalue weighted by atomic mass is 10.0. The van der Waals surface area contributed by atoms with Crippen LogP contribution in [0.25, 0.3) is 21.9 Å². The van der Waals surface area contributed by atoms with Crippen LogP contribution >= 0.6 is 0 Å². The molecule has 0 saturated carbocycles. The summed E-state index contributed by atoms with van der Waals surface area (Å²) in [5.74, 6) is -0.994. The summed E-state index contributed by atoms with van der Waals surface area (Å²) in [5.41, 5.74) is 2.38. The molecule has 1 aliphatic rings. The Labute approximate surface area is 239 Å². The number of fused-ring (bicyclic) bond motifs is 2. The molecule has 42 heavy (non-hydrogen) atoms. The van der Waals surface area contributed by atoms with Crippen LogP contribution in [0.4, 0.5) is 26.1 Å². The molecule has 13 heteroatoms. The average molecular weight is 572 g/mol. The van der Waals surface area contributed by atoms with Gasteiger partial charge in [0, 0.05) is 55.2 Å². The highest BCUT2D eigenvalue weighted by molar-refractivity contribution is 6.09. The molecule has 1 atom stereocenters. The molecular formula is C29H27F2N9O2. The summed E-state index contributed by atoms with van der Waals surface area (Å²) in [6, 6.07) is 8.58. The van der Waals surface area contributed by atoms with Crippen molar-refractivity contribution in [3.05, 3.63) is 72.2 Å². The molecule has 6 rings (SSSR count). The molecule has 2 aromatic carbocycles. The van der Waals surface area contributed by atoms with Gasteiger partial charge in [-0.1, -0.05) is 18.2 Å². The van der Waals surface area contributed by atoms with Gasteiger partial charge < -0.3 is 15.0 Å². The topological polar surface area (TPSA) is 114 Å². The minimum atomic E-state index is -0.785. The van der Waals surface area contributed by atoms with Crippen molar-refractivity contribution in [1.82, 2.24) is 34.8 Å². The first-order valence-electron chi connectivity index (χ1n) is 13.2. The number of rotatable bonds is 7. The number of hydrogen-bond donors (Lipinski definition) is 1. The van der Waals surface area contributed by atoms with Crippen molar-refractivity contribution in [1.29, 1.82) is 0 Å². The first-order valence-corrected chi connectivity index (χ1v) is 13.2. The predicted molar refractivity (Wildman–Crippen MR) is 154 cm³/mol. The highest BCUT2D eigenvalue weighted by atomic mass is 19.1. The van der Waals surface area contributed by atoms with Crippen molar-refractivity contribution < 1.29 is 18.3 Å². The Bertz CT molecular complexity index is 1870. The van der Waals surface area contributed by atoms with E-state index in [1.807, 2.05) is 32.0 Å². The van der Waals surface area contributed by atoms with Gasteiger partial charge in [-0.15, -0.1) is 5.10 Å². The number of aromatic nitrogens is 6. The number of halogens is 2. The molecule has 1 amide bonds. The summed E-state index contributed by atoms with van der Waals surface area (Å²) in [7, 11) is 5.63. The number of nitrogens with zero attached hydrogens (tertiary/aromatic N) is 8. The smallest absolute Gasteiger partial charge is 0.255 e. The Morgan fingerprint density at radius 2 is 1.93 bits per heavy atom. The number of pyridine rings is 1. The van der Waals surface area contributed by atoms with Crippen LogP contribution in [0.15, 0.2) is 60.6 Å². The fourth-order valence-electron chi connectivity index (χ4n) is 4.83. The standard InChI is InChI=1S/C29H27F2N9O2/c1-16-14-40(29(41)18(16)7-8-38(2)3)27-10-19-24(13-32-27)33-15-34-28(19)35-22-11-21(31)26(12-20(22)30)42-17-5-6-25-23(9-17)36-37-39(25)4/h5-7,9-13,15-16H,8,14H2,1-4H3,(H,33,34,35)/b18-7+. The quantitative estimate of drug-likeness (QED) is 0.280. The lowest BCUT2D eigenvalue weighted by Crippen LogP contribution is -2.26. The zero-order chi connectivity index (χ0) is 29.5. The van der Waals surface area contributed by atoms with E-state index in [0.717, 1.165) is 23.2 Å². The van der Waals surface area contributed by atoms with E-state index < -0.39 is 11.6 Å². The van der Waals surface area contributed by atoms with Gasteiger partial charge >= 0.3 is 0 Å². The molecule has 0 bridgehead atoms. The van der Waals surface area contributed by atoms with Crippen LogP contribution in [-0.4, -0.2) is 67.9 Å². The second-order valence-corrected chi connectivity index (χ2v) is 10.4. The molecule has 1 aliphatic heterocycles. The van der Waals surface area contributed by atoms with Crippen molar-refractivity contribution in [3.8, 4) is 11.5 Å². The Hall–Kier alpha value is -5.04. The summed E-state index contributed by atoms with van der Waals surface area (Å²) in [6.07, 6.45) is 4.76. The van der Waals surface area contributed by atoms with Crippen molar-refractivity contribution in [2.24, 2.45) is 13.0 Å². The molecule has 214 valence electrons. The summed E-state index contributed by atoms with van der Waals surface area (Å²) >= 11 is 0. The second kappa shape index (κ2) is 10.7. The molecule has 11 nitrogen and oxygen atoms in total. The first-order chi connectivity index (χ1) is 20.2. The van der Waals surface area contributed by atoms with E-state index in [-0.39, 0.29) is 34.8 Å². The van der Waals surface area contributed by atoms with Crippen LogP contribution < -0.4 is 15.0 Å². The van der Waals surface area contributed by atoms with Crippen LogP contribution in [0.3, 0.4) is 0 Å². The van der Waals surface area contributed by atoms with Gasteiger partial charge in [0.15, 0.2) is 17.4 Å².